The molecule has 1 heteroatoms. The zero-order valence-corrected chi connectivity index (χ0v) is 12.2. The van der Waals surface area contributed by atoms with Gasteiger partial charge in [-0.25, -0.2) is 0 Å². The molecule has 3 rings (SSSR count). The van der Waals surface area contributed by atoms with Gasteiger partial charge in [-0.15, -0.1) is 0 Å². The summed E-state index contributed by atoms with van der Waals surface area (Å²) in [5.74, 6) is 0.713. The van der Waals surface area contributed by atoms with Gasteiger partial charge in [-0.1, -0.05) is 61.5 Å². The van der Waals surface area contributed by atoms with E-state index in [-0.39, 0.29) is 0 Å². The van der Waals surface area contributed by atoms with Crippen LogP contribution in [-0.4, -0.2) is 6.54 Å². The maximum atomic E-state index is 3.68. The lowest BCUT2D eigenvalue weighted by Gasteiger charge is -2.20. The molecule has 0 bridgehead atoms. The van der Waals surface area contributed by atoms with Crippen molar-refractivity contribution in [1.82, 2.24) is 5.32 Å². The van der Waals surface area contributed by atoms with E-state index < -0.39 is 0 Å². The summed E-state index contributed by atoms with van der Waals surface area (Å²) in [6.07, 6.45) is 3.56. The molecular weight excluding hydrogens is 242 g/mol. The van der Waals surface area contributed by atoms with E-state index in [9.17, 15) is 0 Å². The highest BCUT2D eigenvalue weighted by Crippen LogP contribution is 2.32. The van der Waals surface area contributed by atoms with Crippen LogP contribution >= 0.6 is 0 Å². The van der Waals surface area contributed by atoms with Gasteiger partial charge in [0.1, 0.15) is 0 Å². The van der Waals surface area contributed by atoms with Gasteiger partial charge in [0.15, 0.2) is 0 Å². The van der Waals surface area contributed by atoms with Crippen LogP contribution in [0.3, 0.4) is 0 Å². The minimum Gasteiger partial charge on any atom is -0.310 e. The van der Waals surface area contributed by atoms with Gasteiger partial charge in [0.25, 0.3) is 0 Å². The molecule has 0 saturated carbocycles. The molecule has 1 aliphatic rings. The molecule has 2 unspecified atom stereocenters. The SMILES string of the molecule is CCc1ccc(C2NCCC2Cc2ccccc2)cc1. The van der Waals surface area contributed by atoms with E-state index in [1.54, 1.807) is 0 Å². The third-order valence-corrected chi connectivity index (χ3v) is 4.44. The summed E-state index contributed by atoms with van der Waals surface area (Å²) >= 11 is 0. The zero-order chi connectivity index (χ0) is 13.8. The average Bonchev–Trinajstić information content (AvgIpc) is 2.96. The summed E-state index contributed by atoms with van der Waals surface area (Å²) in [6.45, 7) is 3.35. The van der Waals surface area contributed by atoms with Crippen molar-refractivity contribution in [2.75, 3.05) is 6.54 Å². The first-order chi connectivity index (χ1) is 9.86. The molecule has 1 saturated heterocycles. The van der Waals surface area contributed by atoms with Gasteiger partial charge in [-0.05, 0) is 48.4 Å². The maximum Gasteiger partial charge on any atom is 0.0352 e. The van der Waals surface area contributed by atoms with Gasteiger partial charge in [-0.3, -0.25) is 0 Å². The number of nitrogens with one attached hydrogen (secondary N) is 1. The Bertz CT molecular complexity index is 529. The summed E-state index contributed by atoms with van der Waals surface area (Å²) in [6, 6.07) is 20.5. The Kier molecular flexibility index (Phi) is 4.17. The minimum atomic E-state index is 0.515. The average molecular weight is 265 g/mol. The van der Waals surface area contributed by atoms with Crippen LogP contribution < -0.4 is 5.32 Å². The molecule has 1 heterocycles. The fourth-order valence-corrected chi connectivity index (χ4v) is 3.25. The monoisotopic (exact) mass is 265 g/mol. The Hall–Kier alpha value is -1.60. The quantitative estimate of drug-likeness (QED) is 0.876. The predicted molar refractivity (Wildman–Crippen MR) is 84.8 cm³/mol. The van der Waals surface area contributed by atoms with E-state index >= 15 is 0 Å². The van der Waals surface area contributed by atoms with E-state index in [2.05, 4.69) is 66.8 Å². The fourth-order valence-electron chi connectivity index (χ4n) is 3.25. The predicted octanol–water partition coefficient (Wildman–Crippen LogP) is 4.14. The molecule has 2 aromatic rings. The Morgan fingerprint density at radius 2 is 1.70 bits per heavy atom. The van der Waals surface area contributed by atoms with E-state index in [0.29, 0.717) is 12.0 Å². The minimum absolute atomic E-state index is 0.515. The molecule has 20 heavy (non-hydrogen) atoms. The van der Waals surface area contributed by atoms with Crippen LogP contribution in [0.5, 0.6) is 0 Å². The van der Waals surface area contributed by atoms with Gasteiger partial charge >= 0.3 is 0 Å². The smallest absolute Gasteiger partial charge is 0.0352 e. The van der Waals surface area contributed by atoms with Crippen molar-refractivity contribution in [1.29, 1.82) is 0 Å². The summed E-state index contributed by atoms with van der Waals surface area (Å²) in [5.41, 5.74) is 4.32. The van der Waals surface area contributed by atoms with Crippen LogP contribution in [-0.2, 0) is 12.8 Å². The van der Waals surface area contributed by atoms with E-state index in [1.807, 2.05) is 0 Å². The molecule has 0 amide bonds. The molecule has 1 nitrogen and oxygen atoms in total. The van der Waals surface area contributed by atoms with Crippen molar-refractivity contribution in [3.05, 3.63) is 71.3 Å². The number of hydrogen-bond donors (Lipinski definition) is 1. The van der Waals surface area contributed by atoms with Crippen molar-refractivity contribution in [3.63, 3.8) is 0 Å². The van der Waals surface area contributed by atoms with Gasteiger partial charge in [0.2, 0.25) is 0 Å². The molecule has 0 aliphatic carbocycles. The van der Waals surface area contributed by atoms with E-state index in [0.717, 1.165) is 13.0 Å². The van der Waals surface area contributed by atoms with Crippen LogP contribution in [0.25, 0.3) is 0 Å². The Balaban J connectivity index is 1.74. The van der Waals surface area contributed by atoms with Gasteiger partial charge in [-0.2, -0.15) is 0 Å². The summed E-state index contributed by atoms with van der Waals surface area (Å²) < 4.78 is 0. The third kappa shape index (κ3) is 2.94. The van der Waals surface area contributed by atoms with Crippen LogP contribution in [0.15, 0.2) is 54.6 Å². The zero-order valence-electron chi connectivity index (χ0n) is 12.2. The summed E-state index contributed by atoms with van der Waals surface area (Å²) in [4.78, 5) is 0. The normalized spacial score (nSPS) is 22.1. The van der Waals surface area contributed by atoms with Gasteiger partial charge in [0.05, 0.1) is 0 Å². The van der Waals surface area contributed by atoms with Crippen molar-refractivity contribution in [3.8, 4) is 0 Å². The highest BCUT2D eigenvalue weighted by atomic mass is 14.9. The fraction of sp³-hybridized carbons (Fsp3) is 0.368. The van der Waals surface area contributed by atoms with E-state index in [4.69, 9.17) is 0 Å². The molecule has 0 radical (unpaired) electrons. The number of aryl methyl sites for hydroxylation is 1. The summed E-state index contributed by atoms with van der Waals surface area (Å²) in [7, 11) is 0. The van der Waals surface area contributed by atoms with Crippen molar-refractivity contribution < 1.29 is 0 Å². The summed E-state index contributed by atoms with van der Waals surface area (Å²) in [5, 5.41) is 3.68. The molecule has 104 valence electrons. The topological polar surface area (TPSA) is 12.0 Å². The number of rotatable bonds is 4. The lowest BCUT2D eigenvalue weighted by Crippen LogP contribution is -2.19. The molecule has 1 fully saturated rings. The van der Waals surface area contributed by atoms with Crippen molar-refractivity contribution >= 4 is 0 Å². The molecule has 2 aromatic carbocycles. The number of hydrogen-bond acceptors (Lipinski definition) is 1. The first kappa shape index (κ1) is 13.4. The lowest BCUT2D eigenvalue weighted by molar-refractivity contribution is 0.460. The maximum absolute atomic E-state index is 3.68. The molecule has 0 aromatic heterocycles. The molecule has 1 aliphatic heterocycles. The second kappa shape index (κ2) is 6.23. The molecule has 2 atom stereocenters. The lowest BCUT2D eigenvalue weighted by atomic mass is 9.88. The second-order valence-electron chi connectivity index (χ2n) is 5.77. The Labute approximate surface area is 122 Å². The molecule has 1 N–H and O–H groups in total. The Morgan fingerprint density at radius 1 is 0.950 bits per heavy atom. The second-order valence-corrected chi connectivity index (χ2v) is 5.77. The molecule has 0 spiro atoms. The van der Waals surface area contributed by atoms with E-state index in [1.165, 1.54) is 29.5 Å². The van der Waals surface area contributed by atoms with Crippen molar-refractivity contribution in [2.45, 2.75) is 32.2 Å². The first-order valence-electron chi connectivity index (χ1n) is 7.73. The third-order valence-electron chi connectivity index (χ3n) is 4.44. The highest BCUT2D eigenvalue weighted by Gasteiger charge is 2.27. The van der Waals surface area contributed by atoms with Gasteiger partial charge in [0, 0.05) is 6.04 Å². The van der Waals surface area contributed by atoms with Crippen LogP contribution in [0.2, 0.25) is 0 Å². The van der Waals surface area contributed by atoms with Crippen LogP contribution in [0.1, 0.15) is 36.1 Å². The highest BCUT2D eigenvalue weighted by molar-refractivity contribution is 5.27. The first-order valence-corrected chi connectivity index (χ1v) is 7.73. The van der Waals surface area contributed by atoms with Crippen LogP contribution in [0.4, 0.5) is 0 Å². The van der Waals surface area contributed by atoms with Gasteiger partial charge < -0.3 is 5.32 Å². The largest absolute Gasteiger partial charge is 0.310 e. The number of benzene rings is 2. The van der Waals surface area contributed by atoms with Crippen LogP contribution in [0, 0.1) is 5.92 Å². The molecular formula is C19H23N. The standard InChI is InChI=1S/C19H23N/c1-2-15-8-10-17(11-9-15)19-18(12-13-20-19)14-16-6-4-3-5-7-16/h3-11,18-20H,2,12-14H2,1H3. The Morgan fingerprint density at radius 3 is 2.40 bits per heavy atom. The van der Waals surface area contributed by atoms with Crippen molar-refractivity contribution in [2.24, 2.45) is 5.92 Å².